The van der Waals surface area contributed by atoms with Gasteiger partial charge in [0, 0.05) is 20.7 Å². The van der Waals surface area contributed by atoms with E-state index in [9.17, 15) is 13.2 Å². The van der Waals surface area contributed by atoms with Crippen molar-refractivity contribution in [3.63, 3.8) is 0 Å². The van der Waals surface area contributed by atoms with Gasteiger partial charge < -0.3 is 10.1 Å². The molecule has 7 heteroatoms. The normalized spacial score (nSPS) is 11.1. The van der Waals surface area contributed by atoms with Gasteiger partial charge in [0.25, 0.3) is 5.91 Å². The molecule has 0 bridgehead atoms. The number of rotatable bonds is 6. The van der Waals surface area contributed by atoms with Gasteiger partial charge in [0.2, 0.25) is 10.0 Å². The van der Waals surface area contributed by atoms with Crippen molar-refractivity contribution in [2.75, 3.05) is 37.9 Å². The Balaban J connectivity index is 2.99. The molecule has 1 aromatic rings. The third kappa shape index (κ3) is 4.22. The molecule has 1 amide bonds. The van der Waals surface area contributed by atoms with Crippen molar-refractivity contribution in [3.8, 4) is 0 Å². The molecule has 0 spiro atoms. The SMILES string of the molecule is COCCNC(=O)c1ccccc1N(C)S(C)(=O)=O. The van der Waals surface area contributed by atoms with Crippen LogP contribution in [-0.4, -0.2) is 47.9 Å². The first-order valence-corrected chi connectivity index (χ1v) is 7.53. The van der Waals surface area contributed by atoms with Crippen LogP contribution in [0.15, 0.2) is 24.3 Å². The minimum Gasteiger partial charge on any atom is -0.383 e. The molecule has 0 heterocycles. The lowest BCUT2D eigenvalue weighted by Crippen LogP contribution is -2.31. The molecule has 0 saturated carbocycles. The van der Waals surface area contributed by atoms with Crippen LogP contribution in [0.1, 0.15) is 10.4 Å². The van der Waals surface area contributed by atoms with Gasteiger partial charge in [-0.25, -0.2) is 8.42 Å². The van der Waals surface area contributed by atoms with Crippen molar-refractivity contribution in [1.82, 2.24) is 5.32 Å². The fourth-order valence-electron chi connectivity index (χ4n) is 1.48. The number of amides is 1. The van der Waals surface area contributed by atoms with Gasteiger partial charge in [-0.15, -0.1) is 0 Å². The van der Waals surface area contributed by atoms with E-state index in [2.05, 4.69) is 5.32 Å². The average molecular weight is 286 g/mol. The fraction of sp³-hybridized carbons (Fsp3) is 0.417. The first-order valence-electron chi connectivity index (χ1n) is 5.68. The Bertz CT molecular complexity index is 542. The zero-order valence-electron chi connectivity index (χ0n) is 11.2. The van der Waals surface area contributed by atoms with Crippen LogP contribution in [0.25, 0.3) is 0 Å². The highest BCUT2D eigenvalue weighted by molar-refractivity contribution is 7.92. The Morgan fingerprint density at radius 2 is 2.00 bits per heavy atom. The van der Waals surface area contributed by atoms with Crippen LogP contribution in [-0.2, 0) is 14.8 Å². The summed E-state index contributed by atoms with van der Waals surface area (Å²) in [5.41, 5.74) is 0.659. The molecule has 0 aliphatic heterocycles. The highest BCUT2D eigenvalue weighted by atomic mass is 32.2. The second-order valence-corrected chi connectivity index (χ2v) is 6.01. The van der Waals surface area contributed by atoms with Crippen LogP contribution in [0.2, 0.25) is 0 Å². The molecule has 0 radical (unpaired) electrons. The van der Waals surface area contributed by atoms with Crippen molar-refractivity contribution < 1.29 is 17.9 Å². The lowest BCUT2D eigenvalue weighted by Gasteiger charge is -2.19. The maximum Gasteiger partial charge on any atom is 0.253 e. The van der Waals surface area contributed by atoms with Gasteiger partial charge in [-0.1, -0.05) is 12.1 Å². The number of para-hydroxylation sites is 1. The smallest absolute Gasteiger partial charge is 0.253 e. The van der Waals surface area contributed by atoms with Crippen molar-refractivity contribution in [2.24, 2.45) is 0 Å². The van der Waals surface area contributed by atoms with Crippen molar-refractivity contribution >= 4 is 21.6 Å². The van der Waals surface area contributed by atoms with Crippen molar-refractivity contribution in [1.29, 1.82) is 0 Å². The van der Waals surface area contributed by atoms with Crippen LogP contribution in [0.4, 0.5) is 5.69 Å². The summed E-state index contributed by atoms with van der Waals surface area (Å²) >= 11 is 0. The van der Waals surface area contributed by atoms with Crippen LogP contribution in [0, 0.1) is 0 Å². The van der Waals surface area contributed by atoms with Gasteiger partial charge in [-0.2, -0.15) is 0 Å². The molecule has 0 unspecified atom stereocenters. The number of sulfonamides is 1. The molecule has 19 heavy (non-hydrogen) atoms. The molecule has 6 nitrogen and oxygen atoms in total. The van der Waals surface area contributed by atoms with E-state index in [-0.39, 0.29) is 5.91 Å². The number of benzene rings is 1. The van der Waals surface area contributed by atoms with E-state index in [1.54, 1.807) is 24.3 Å². The van der Waals surface area contributed by atoms with E-state index < -0.39 is 10.0 Å². The topological polar surface area (TPSA) is 75.7 Å². The number of carbonyl (C=O) groups is 1. The van der Waals surface area contributed by atoms with Crippen LogP contribution < -0.4 is 9.62 Å². The van der Waals surface area contributed by atoms with Crippen LogP contribution in [0.3, 0.4) is 0 Å². The molecule has 0 aliphatic rings. The van der Waals surface area contributed by atoms with E-state index in [4.69, 9.17) is 4.74 Å². The first kappa shape index (κ1) is 15.5. The molecule has 1 rings (SSSR count). The molecule has 0 fully saturated rings. The highest BCUT2D eigenvalue weighted by Gasteiger charge is 2.18. The summed E-state index contributed by atoms with van der Waals surface area (Å²) in [5, 5.41) is 2.66. The van der Waals surface area contributed by atoms with Crippen LogP contribution >= 0.6 is 0 Å². The number of nitrogens with zero attached hydrogens (tertiary/aromatic N) is 1. The molecule has 0 atom stereocenters. The van der Waals surface area contributed by atoms with Gasteiger partial charge in [0.15, 0.2) is 0 Å². The molecule has 0 saturated heterocycles. The Hall–Kier alpha value is -1.60. The molecular formula is C12H18N2O4S. The maximum absolute atomic E-state index is 12.0. The zero-order chi connectivity index (χ0) is 14.5. The van der Waals surface area contributed by atoms with Crippen molar-refractivity contribution in [3.05, 3.63) is 29.8 Å². The third-order valence-electron chi connectivity index (χ3n) is 2.58. The third-order valence-corrected chi connectivity index (χ3v) is 3.77. The second-order valence-electron chi connectivity index (χ2n) is 4.00. The minimum absolute atomic E-state index is 0.312. The Kier molecular flexibility index (Phi) is 5.31. The van der Waals surface area contributed by atoms with E-state index >= 15 is 0 Å². The van der Waals surface area contributed by atoms with E-state index in [1.165, 1.54) is 14.2 Å². The number of hydrogen-bond donors (Lipinski definition) is 1. The molecule has 0 aromatic heterocycles. The largest absolute Gasteiger partial charge is 0.383 e. The molecule has 1 N–H and O–H groups in total. The highest BCUT2D eigenvalue weighted by Crippen LogP contribution is 2.21. The lowest BCUT2D eigenvalue weighted by molar-refractivity contribution is 0.0938. The molecule has 0 aliphatic carbocycles. The number of ether oxygens (including phenoxy) is 1. The number of hydrogen-bond acceptors (Lipinski definition) is 4. The minimum atomic E-state index is -3.41. The van der Waals surface area contributed by atoms with E-state index in [0.29, 0.717) is 24.4 Å². The quantitative estimate of drug-likeness (QED) is 0.771. The average Bonchev–Trinajstić information content (AvgIpc) is 2.37. The predicted octanol–water partition coefficient (Wildman–Crippen LogP) is 0.459. The zero-order valence-corrected chi connectivity index (χ0v) is 12.0. The summed E-state index contributed by atoms with van der Waals surface area (Å²) < 4.78 is 29.0. The summed E-state index contributed by atoms with van der Waals surface area (Å²) in [6.07, 6.45) is 1.09. The van der Waals surface area contributed by atoms with Gasteiger partial charge in [0.05, 0.1) is 24.1 Å². The lowest BCUT2D eigenvalue weighted by atomic mass is 10.1. The van der Waals surface area contributed by atoms with Gasteiger partial charge in [0.1, 0.15) is 0 Å². The van der Waals surface area contributed by atoms with Crippen LogP contribution in [0.5, 0.6) is 0 Å². The predicted molar refractivity (Wildman–Crippen MR) is 73.9 cm³/mol. The fourth-order valence-corrected chi connectivity index (χ4v) is 2.00. The molecule has 1 aromatic carbocycles. The molecule has 106 valence electrons. The van der Waals surface area contributed by atoms with E-state index in [1.807, 2.05) is 0 Å². The standard InChI is InChI=1S/C12H18N2O4S/c1-14(19(3,16)17)11-7-5-4-6-10(11)12(15)13-8-9-18-2/h4-7H,8-9H2,1-3H3,(H,13,15). The van der Waals surface area contributed by atoms with E-state index in [0.717, 1.165) is 10.6 Å². The van der Waals surface area contributed by atoms with Gasteiger partial charge in [-0.05, 0) is 12.1 Å². The summed E-state index contributed by atoms with van der Waals surface area (Å²) in [7, 11) is -0.456. The molecular weight excluding hydrogens is 268 g/mol. The summed E-state index contributed by atoms with van der Waals surface area (Å²) in [5.74, 6) is -0.330. The Morgan fingerprint density at radius 1 is 1.37 bits per heavy atom. The Labute approximate surface area is 113 Å². The monoisotopic (exact) mass is 286 g/mol. The number of nitrogens with one attached hydrogen (secondary N) is 1. The first-order chi connectivity index (χ1) is 8.88. The van der Waals surface area contributed by atoms with Crippen molar-refractivity contribution in [2.45, 2.75) is 0 Å². The number of carbonyl (C=O) groups excluding carboxylic acids is 1. The number of anilines is 1. The second kappa shape index (κ2) is 6.53. The summed E-state index contributed by atoms with van der Waals surface area (Å²) in [6, 6.07) is 6.54. The number of methoxy groups -OCH3 is 1. The van der Waals surface area contributed by atoms with Gasteiger partial charge in [-0.3, -0.25) is 9.10 Å². The summed E-state index contributed by atoms with van der Waals surface area (Å²) in [4.78, 5) is 12.0. The Morgan fingerprint density at radius 3 is 2.58 bits per heavy atom. The summed E-state index contributed by atoms with van der Waals surface area (Å²) in [6.45, 7) is 0.766. The maximum atomic E-state index is 12.0. The van der Waals surface area contributed by atoms with Gasteiger partial charge >= 0.3 is 0 Å².